The third kappa shape index (κ3) is 2.62. The molecule has 4 rings (SSSR count). The number of fused-ring (bicyclic) bond motifs is 1. The second-order valence-electron chi connectivity index (χ2n) is 6.45. The van der Waals surface area contributed by atoms with Gasteiger partial charge in [0, 0.05) is 10.6 Å². The van der Waals surface area contributed by atoms with Crippen LogP contribution in [-0.2, 0) is 14.4 Å². The SMILES string of the molecule is COc1ccc(C2=NO[C@@H]3C(=O)N(c4cccc(Cl)c4C)C(=O)[C@H]23)cc1OC. The highest BCUT2D eigenvalue weighted by Crippen LogP contribution is 2.38. The fraction of sp³-hybridized carbons (Fsp3) is 0.250. The molecule has 0 aromatic heterocycles. The molecular weight excluding hydrogens is 384 g/mol. The molecule has 0 bridgehead atoms. The van der Waals surface area contributed by atoms with Crippen LogP contribution >= 0.6 is 11.6 Å². The van der Waals surface area contributed by atoms with E-state index in [1.807, 2.05) is 0 Å². The number of imide groups is 1. The van der Waals surface area contributed by atoms with Gasteiger partial charge < -0.3 is 14.3 Å². The number of benzene rings is 2. The molecule has 0 unspecified atom stereocenters. The molecule has 1 saturated heterocycles. The molecule has 0 aliphatic carbocycles. The van der Waals surface area contributed by atoms with Crippen LogP contribution in [0.15, 0.2) is 41.6 Å². The Morgan fingerprint density at radius 1 is 1.07 bits per heavy atom. The van der Waals surface area contributed by atoms with Crippen LogP contribution < -0.4 is 14.4 Å². The van der Waals surface area contributed by atoms with Crippen molar-refractivity contribution >= 4 is 34.8 Å². The van der Waals surface area contributed by atoms with Gasteiger partial charge in [-0.25, -0.2) is 4.90 Å². The maximum atomic E-state index is 13.2. The second-order valence-corrected chi connectivity index (χ2v) is 6.85. The number of hydrogen-bond acceptors (Lipinski definition) is 6. The number of oxime groups is 1. The van der Waals surface area contributed by atoms with Gasteiger partial charge >= 0.3 is 0 Å². The van der Waals surface area contributed by atoms with Gasteiger partial charge in [-0.05, 0) is 42.8 Å². The Bertz CT molecular complexity index is 1020. The minimum atomic E-state index is -0.992. The lowest BCUT2D eigenvalue weighted by molar-refractivity contribution is -0.126. The van der Waals surface area contributed by atoms with E-state index in [-0.39, 0.29) is 0 Å². The predicted molar refractivity (Wildman–Crippen MR) is 103 cm³/mol. The first-order valence-electron chi connectivity index (χ1n) is 8.57. The number of anilines is 1. The molecule has 7 nitrogen and oxygen atoms in total. The van der Waals surface area contributed by atoms with Gasteiger partial charge in [0.2, 0.25) is 12.0 Å². The minimum absolute atomic E-state index is 0.381. The fourth-order valence-electron chi connectivity index (χ4n) is 3.49. The summed E-state index contributed by atoms with van der Waals surface area (Å²) >= 11 is 6.16. The summed E-state index contributed by atoms with van der Waals surface area (Å²) in [4.78, 5) is 32.5. The number of nitrogens with zero attached hydrogens (tertiary/aromatic N) is 2. The first-order chi connectivity index (χ1) is 13.5. The Morgan fingerprint density at radius 3 is 2.54 bits per heavy atom. The van der Waals surface area contributed by atoms with E-state index in [2.05, 4.69) is 5.16 Å². The number of amides is 2. The summed E-state index contributed by atoms with van der Waals surface area (Å²) < 4.78 is 10.6. The number of carbonyl (C=O) groups is 2. The number of methoxy groups -OCH3 is 2. The highest BCUT2D eigenvalue weighted by Gasteiger charge is 2.56. The van der Waals surface area contributed by atoms with Crippen molar-refractivity contribution in [3.63, 3.8) is 0 Å². The maximum absolute atomic E-state index is 13.2. The van der Waals surface area contributed by atoms with Crippen LogP contribution in [0.2, 0.25) is 5.02 Å². The molecule has 2 heterocycles. The summed E-state index contributed by atoms with van der Waals surface area (Å²) in [7, 11) is 3.05. The van der Waals surface area contributed by atoms with Crippen LogP contribution in [-0.4, -0.2) is 37.8 Å². The van der Waals surface area contributed by atoms with E-state index in [4.69, 9.17) is 25.9 Å². The van der Waals surface area contributed by atoms with E-state index in [1.54, 1.807) is 43.3 Å². The zero-order chi connectivity index (χ0) is 20.0. The molecule has 144 valence electrons. The Labute approximate surface area is 166 Å². The Balaban J connectivity index is 1.72. The molecule has 2 aliphatic rings. The molecule has 1 fully saturated rings. The summed E-state index contributed by atoms with van der Waals surface area (Å²) in [6.45, 7) is 1.76. The van der Waals surface area contributed by atoms with Gasteiger partial charge in [-0.1, -0.05) is 22.8 Å². The van der Waals surface area contributed by atoms with Crippen molar-refractivity contribution in [3.8, 4) is 11.5 Å². The molecule has 2 atom stereocenters. The summed E-state index contributed by atoms with van der Waals surface area (Å²) in [5.74, 6) is -0.646. The molecule has 0 N–H and O–H groups in total. The van der Waals surface area contributed by atoms with Gasteiger partial charge in [-0.2, -0.15) is 0 Å². The number of rotatable bonds is 4. The van der Waals surface area contributed by atoms with Crippen LogP contribution in [0.25, 0.3) is 0 Å². The fourth-order valence-corrected chi connectivity index (χ4v) is 3.66. The lowest BCUT2D eigenvalue weighted by atomic mass is 9.94. The summed E-state index contributed by atoms with van der Waals surface area (Å²) in [5.41, 5.74) is 2.10. The lowest BCUT2D eigenvalue weighted by Gasteiger charge is -2.18. The number of halogens is 1. The highest BCUT2D eigenvalue weighted by molar-refractivity contribution is 6.34. The van der Waals surface area contributed by atoms with Crippen molar-refractivity contribution in [3.05, 3.63) is 52.5 Å². The molecule has 2 amide bonds. The van der Waals surface area contributed by atoms with Gasteiger partial charge in [-0.15, -0.1) is 0 Å². The van der Waals surface area contributed by atoms with E-state index in [0.717, 1.165) is 4.90 Å². The normalized spacial score (nSPS) is 20.7. The Morgan fingerprint density at radius 2 is 1.82 bits per heavy atom. The van der Waals surface area contributed by atoms with E-state index < -0.39 is 23.8 Å². The van der Waals surface area contributed by atoms with Gasteiger partial charge in [0.1, 0.15) is 11.6 Å². The van der Waals surface area contributed by atoms with Crippen LogP contribution in [0.1, 0.15) is 11.1 Å². The van der Waals surface area contributed by atoms with Crippen molar-refractivity contribution in [1.82, 2.24) is 0 Å². The van der Waals surface area contributed by atoms with Crippen molar-refractivity contribution in [2.24, 2.45) is 11.1 Å². The maximum Gasteiger partial charge on any atom is 0.278 e. The second kappa shape index (κ2) is 6.83. The summed E-state index contributed by atoms with van der Waals surface area (Å²) in [6, 6.07) is 10.3. The summed E-state index contributed by atoms with van der Waals surface area (Å²) in [6.07, 6.45) is -0.992. The largest absolute Gasteiger partial charge is 0.493 e. The van der Waals surface area contributed by atoms with Crippen LogP contribution in [0.5, 0.6) is 11.5 Å². The van der Waals surface area contributed by atoms with Crippen molar-refractivity contribution in [1.29, 1.82) is 0 Å². The molecular formula is C20H17ClN2O5. The molecule has 0 saturated carbocycles. The molecule has 0 radical (unpaired) electrons. The van der Waals surface area contributed by atoms with E-state index in [9.17, 15) is 9.59 Å². The number of carbonyl (C=O) groups excluding carboxylic acids is 2. The highest BCUT2D eigenvalue weighted by atomic mass is 35.5. The van der Waals surface area contributed by atoms with Gasteiger partial charge in [0.25, 0.3) is 5.91 Å². The van der Waals surface area contributed by atoms with Crippen molar-refractivity contribution in [2.75, 3.05) is 19.1 Å². The standard InChI is InChI=1S/C20H17ClN2O5/c1-10-12(21)5-4-6-13(10)23-19(24)16-17(22-28-18(16)20(23)25)11-7-8-14(26-2)15(9-11)27-3/h4-9,16,18H,1-3H3/t16-,18+/m1/s1. The first-order valence-corrected chi connectivity index (χ1v) is 8.94. The van der Waals surface area contributed by atoms with E-state index >= 15 is 0 Å². The molecule has 8 heteroatoms. The van der Waals surface area contributed by atoms with Gasteiger partial charge in [0.05, 0.1) is 19.9 Å². The van der Waals surface area contributed by atoms with Gasteiger partial charge in [0.15, 0.2) is 11.5 Å². The minimum Gasteiger partial charge on any atom is -0.493 e. The van der Waals surface area contributed by atoms with E-state index in [1.165, 1.54) is 14.2 Å². The quantitative estimate of drug-likeness (QED) is 0.737. The smallest absolute Gasteiger partial charge is 0.278 e. The average molecular weight is 401 g/mol. The molecule has 2 aromatic rings. The molecule has 2 aliphatic heterocycles. The Kier molecular flexibility index (Phi) is 4.47. The molecule has 2 aromatic carbocycles. The van der Waals surface area contributed by atoms with Crippen molar-refractivity contribution in [2.45, 2.75) is 13.0 Å². The first kappa shape index (κ1) is 18.3. The van der Waals surface area contributed by atoms with Crippen LogP contribution in [0, 0.1) is 12.8 Å². The number of hydrogen-bond donors (Lipinski definition) is 0. The van der Waals surface area contributed by atoms with E-state index in [0.29, 0.717) is 39.0 Å². The topological polar surface area (TPSA) is 77.4 Å². The molecule has 28 heavy (non-hydrogen) atoms. The number of ether oxygens (including phenoxy) is 2. The third-order valence-corrected chi connectivity index (χ3v) is 5.38. The zero-order valence-corrected chi connectivity index (χ0v) is 16.2. The predicted octanol–water partition coefficient (Wildman–Crippen LogP) is 2.96. The summed E-state index contributed by atoms with van der Waals surface area (Å²) in [5, 5.41) is 4.49. The average Bonchev–Trinajstić information content (AvgIpc) is 3.24. The third-order valence-electron chi connectivity index (χ3n) is 4.97. The lowest BCUT2D eigenvalue weighted by Crippen LogP contribution is -2.33. The van der Waals surface area contributed by atoms with Crippen LogP contribution in [0.3, 0.4) is 0 Å². The molecule has 0 spiro atoms. The Hall–Kier alpha value is -3.06. The van der Waals surface area contributed by atoms with Crippen molar-refractivity contribution < 1.29 is 23.9 Å². The monoisotopic (exact) mass is 400 g/mol. The van der Waals surface area contributed by atoms with Crippen LogP contribution in [0.4, 0.5) is 5.69 Å². The van der Waals surface area contributed by atoms with Gasteiger partial charge in [-0.3, -0.25) is 9.59 Å². The zero-order valence-electron chi connectivity index (χ0n) is 15.4.